The van der Waals surface area contributed by atoms with Crippen LogP contribution in [0, 0.1) is 0 Å². The van der Waals surface area contributed by atoms with E-state index >= 15 is 0 Å². The van der Waals surface area contributed by atoms with Crippen molar-refractivity contribution in [2.45, 2.75) is 31.8 Å². The molecule has 1 atom stereocenters. The zero-order valence-electron chi connectivity index (χ0n) is 15.7. The van der Waals surface area contributed by atoms with E-state index in [1.54, 1.807) is 6.20 Å². The van der Waals surface area contributed by atoms with E-state index in [9.17, 15) is 4.79 Å². The van der Waals surface area contributed by atoms with Gasteiger partial charge in [0.2, 0.25) is 0 Å². The minimum Gasteiger partial charge on any atom is -0.378 e. The smallest absolute Gasteiger partial charge is 0.253 e. The molecule has 1 aliphatic rings. The lowest BCUT2D eigenvalue weighted by molar-refractivity contribution is 0.0763. The highest BCUT2D eigenvalue weighted by Crippen LogP contribution is 2.22. The first kappa shape index (κ1) is 17.7. The van der Waals surface area contributed by atoms with Gasteiger partial charge in [-0.1, -0.05) is 18.2 Å². The van der Waals surface area contributed by atoms with Crippen molar-refractivity contribution in [1.82, 2.24) is 14.5 Å². The zero-order valence-corrected chi connectivity index (χ0v) is 15.7. The first-order valence-corrected chi connectivity index (χ1v) is 9.62. The zero-order chi connectivity index (χ0) is 18.6. The summed E-state index contributed by atoms with van der Waals surface area (Å²) in [6.45, 7) is 1.63. The van der Waals surface area contributed by atoms with Crippen LogP contribution in [-0.2, 0) is 4.74 Å². The van der Waals surface area contributed by atoms with Crippen LogP contribution in [-0.4, -0.2) is 46.7 Å². The highest BCUT2D eigenvalue weighted by Gasteiger charge is 2.17. The topological polar surface area (TPSA) is 46.8 Å². The van der Waals surface area contributed by atoms with Crippen LogP contribution in [0.15, 0.2) is 54.7 Å². The van der Waals surface area contributed by atoms with Gasteiger partial charge in [-0.05, 0) is 56.0 Å². The van der Waals surface area contributed by atoms with Gasteiger partial charge in [0.25, 0.3) is 5.91 Å². The Balaban J connectivity index is 1.46. The number of aromatic nitrogens is 2. The highest BCUT2D eigenvalue weighted by atomic mass is 16.5. The summed E-state index contributed by atoms with van der Waals surface area (Å²) in [6, 6.07) is 15.8. The fraction of sp³-hybridized carbons (Fsp3) is 0.364. The van der Waals surface area contributed by atoms with Crippen LogP contribution in [0.4, 0.5) is 0 Å². The summed E-state index contributed by atoms with van der Waals surface area (Å²) in [7, 11) is 1.87. The summed E-state index contributed by atoms with van der Waals surface area (Å²) < 4.78 is 7.56. The van der Waals surface area contributed by atoms with Crippen molar-refractivity contribution in [2.24, 2.45) is 0 Å². The second-order valence-corrected chi connectivity index (χ2v) is 7.16. The number of rotatable bonds is 6. The molecule has 4 rings (SSSR count). The van der Waals surface area contributed by atoms with Crippen LogP contribution in [0.5, 0.6) is 0 Å². The Kier molecular flexibility index (Phi) is 5.21. The minimum absolute atomic E-state index is 0.0526. The molecule has 27 heavy (non-hydrogen) atoms. The third kappa shape index (κ3) is 3.88. The standard InChI is InChI=1S/C22H25N3O2/c1-24(14-4-9-20-10-5-15-27-20)22(26)18-7-2-6-17(16-18)21-11-3-8-19-12-13-23-25(19)21/h2-3,6-8,11-13,16,20H,4-5,9-10,14-15H2,1H3/t20-/m1/s1. The first-order chi connectivity index (χ1) is 13.2. The summed E-state index contributed by atoms with van der Waals surface area (Å²) in [5, 5.41) is 4.39. The van der Waals surface area contributed by atoms with Crippen molar-refractivity contribution >= 4 is 11.4 Å². The molecule has 0 unspecified atom stereocenters. The fourth-order valence-electron chi connectivity index (χ4n) is 3.73. The van der Waals surface area contributed by atoms with E-state index in [4.69, 9.17) is 4.74 Å². The Morgan fingerprint density at radius 1 is 1.26 bits per heavy atom. The fourth-order valence-corrected chi connectivity index (χ4v) is 3.73. The lowest BCUT2D eigenvalue weighted by Crippen LogP contribution is -2.28. The first-order valence-electron chi connectivity index (χ1n) is 9.62. The number of nitrogens with zero attached hydrogens (tertiary/aromatic N) is 3. The Labute approximate surface area is 159 Å². The summed E-state index contributed by atoms with van der Waals surface area (Å²) >= 11 is 0. The van der Waals surface area contributed by atoms with Gasteiger partial charge in [-0.15, -0.1) is 0 Å². The van der Waals surface area contributed by atoms with E-state index in [1.807, 2.05) is 65.0 Å². The second-order valence-electron chi connectivity index (χ2n) is 7.16. The van der Waals surface area contributed by atoms with Crippen molar-refractivity contribution in [3.63, 3.8) is 0 Å². The van der Waals surface area contributed by atoms with E-state index in [1.165, 1.54) is 0 Å². The monoisotopic (exact) mass is 363 g/mol. The van der Waals surface area contributed by atoms with Crippen LogP contribution < -0.4 is 0 Å². The number of pyridine rings is 1. The van der Waals surface area contributed by atoms with Crippen molar-refractivity contribution < 1.29 is 9.53 Å². The Morgan fingerprint density at radius 2 is 2.15 bits per heavy atom. The molecule has 1 fully saturated rings. The molecule has 140 valence electrons. The van der Waals surface area contributed by atoms with Gasteiger partial charge in [0.1, 0.15) is 0 Å². The SMILES string of the molecule is CN(CCC[C@@H]1CCCO1)C(=O)c1cccc(-c2cccc3ccnn23)c1. The molecule has 5 heteroatoms. The lowest BCUT2D eigenvalue weighted by Gasteiger charge is -2.19. The quantitative estimate of drug-likeness (QED) is 0.664. The van der Waals surface area contributed by atoms with Crippen LogP contribution in [0.25, 0.3) is 16.8 Å². The average molecular weight is 363 g/mol. The van der Waals surface area contributed by atoms with Gasteiger partial charge in [-0.3, -0.25) is 4.79 Å². The molecule has 1 aliphatic heterocycles. The molecular formula is C22H25N3O2. The number of carbonyl (C=O) groups excluding carboxylic acids is 1. The maximum atomic E-state index is 12.8. The third-order valence-electron chi connectivity index (χ3n) is 5.22. The summed E-state index contributed by atoms with van der Waals surface area (Å²) in [4.78, 5) is 14.6. The molecule has 1 amide bonds. The van der Waals surface area contributed by atoms with E-state index in [0.717, 1.165) is 55.6 Å². The normalized spacial score (nSPS) is 16.7. The Morgan fingerprint density at radius 3 is 3.00 bits per heavy atom. The number of ether oxygens (including phenoxy) is 1. The van der Waals surface area contributed by atoms with Crippen molar-refractivity contribution in [1.29, 1.82) is 0 Å². The van der Waals surface area contributed by atoms with Gasteiger partial charge in [-0.2, -0.15) is 5.10 Å². The van der Waals surface area contributed by atoms with Crippen LogP contribution in [0.3, 0.4) is 0 Å². The number of fused-ring (bicyclic) bond motifs is 1. The van der Waals surface area contributed by atoms with Crippen LogP contribution in [0.2, 0.25) is 0 Å². The van der Waals surface area contributed by atoms with Gasteiger partial charge in [0.05, 0.1) is 23.5 Å². The largest absolute Gasteiger partial charge is 0.378 e. The maximum absolute atomic E-state index is 12.8. The van der Waals surface area contributed by atoms with Crippen molar-refractivity contribution in [3.8, 4) is 11.3 Å². The van der Waals surface area contributed by atoms with E-state index in [0.29, 0.717) is 11.7 Å². The molecule has 0 N–H and O–H groups in total. The third-order valence-corrected chi connectivity index (χ3v) is 5.22. The number of amides is 1. The molecule has 5 nitrogen and oxygen atoms in total. The molecule has 1 saturated heterocycles. The maximum Gasteiger partial charge on any atom is 0.253 e. The number of benzene rings is 1. The van der Waals surface area contributed by atoms with Gasteiger partial charge < -0.3 is 9.64 Å². The van der Waals surface area contributed by atoms with Gasteiger partial charge >= 0.3 is 0 Å². The second kappa shape index (κ2) is 7.92. The lowest BCUT2D eigenvalue weighted by atomic mass is 10.1. The molecule has 0 saturated carbocycles. The number of hydrogen-bond donors (Lipinski definition) is 0. The summed E-state index contributed by atoms with van der Waals surface area (Å²) in [6.07, 6.45) is 6.48. The number of hydrogen-bond acceptors (Lipinski definition) is 3. The Hall–Kier alpha value is -2.66. The van der Waals surface area contributed by atoms with Gasteiger partial charge in [0, 0.05) is 31.3 Å². The van der Waals surface area contributed by atoms with Crippen LogP contribution in [0.1, 0.15) is 36.0 Å². The predicted octanol–water partition coefficient (Wildman–Crippen LogP) is 4.03. The minimum atomic E-state index is 0.0526. The summed E-state index contributed by atoms with van der Waals surface area (Å²) in [5.74, 6) is 0.0526. The molecule has 2 aromatic heterocycles. The summed E-state index contributed by atoms with van der Waals surface area (Å²) in [5.41, 5.74) is 3.71. The van der Waals surface area contributed by atoms with E-state index in [2.05, 4.69) is 5.10 Å². The molecule has 0 bridgehead atoms. The van der Waals surface area contributed by atoms with E-state index in [-0.39, 0.29) is 5.91 Å². The average Bonchev–Trinajstić information content (AvgIpc) is 3.38. The molecular weight excluding hydrogens is 338 g/mol. The van der Waals surface area contributed by atoms with Gasteiger partial charge in [-0.25, -0.2) is 4.52 Å². The van der Waals surface area contributed by atoms with E-state index < -0.39 is 0 Å². The number of carbonyl (C=O) groups is 1. The highest BCUT2D eigenvalue weighted by molar-refractivity contribution is 5.95. The molecule has 3 heterocycles. The molecule has 3 aromatic rings. The van der Waals surface area contributed by atoms with Crippen molar-refractivity contribution in [2.75, 3.05) is 20.2 Å². The molecule has 0 spiro atoms. The van der Waals surface area contributed by atoms with Gasteiger partial charge in [0.15, 0.2) is 0 Å². The van der Waals surface area contributed by atoms with Crippen LogP contribution >= 0.6 is 0 Å². The predicted molar refractivity (Wildman–Crippen MR) is 106 cm³/mol. The molecule has 0 aliphatic carbocycles. The molecule has 0 radical (unpaired) electrons. The molecule has 1 aromatic carbocycles. The Bertz CT molecular complexity index is 928. The van der Waals surface area contributed by atoms with Crippen molar-refractivity contribution in [3.05, 3.63) is 60.3 Å².